The van der Waals surface area contributed by atoms with E-state index >= 15 is 0 Å². The van der Waals surface area contributed by atoms with Gasteiger partial charge in [0.25, 0.3) is 5.91 Å². The highest BCUT2D eigenvalue weighted by Crippen LogP contribution is 2.29. The average molecular weight is 318 g/mol. The third kappa shape index (κ3) is 3.68. The van der Waals surface area contributed by atoms with Gasteiger partial charge >= 0.3 is 0 Å². The Hall–Kier alpha value is -1.98. The van der Waals surface area contributed by atoms with Crippen molar-refractivity contribution >= 4 is 11.8 Å². The number of hydrogen-bond acceptors (Lipinski definition) is 4. The molecule has 0 aliphatic carbocycles. The molecule has 2 amide bonds. The molecule has 1 aromatic rings. The first-order valence-corrected chi connectivity index (χ1v) is 8.39. The van der Waals surface area contributed by atoms with E-state index in [1.807, 2.05) is 25.7 Å². The monoisotopic (exact) mass is 318 g/mol. The second kappa shape index (κ2) is 7.53. The first-order valence-electron chi connectivity index (χ1n) is 8.39. The van der Waals surface area contributed by atoms with Crippen molar-refractivity contribution in [2.75, 3.05) is 19.6 Å². The molecule has 126 valence electrons. The van der Waals surface area contributed by atoms with Crippen molar-refractivity contribution in [3.63, 3.8) is 0 Å². The summed E-state index contributed by atoms with van der Waals surface area (Å²) in [5.41, 5.74) is 1.23. The van der Waals surface area contributed by atoms with Gasteiger partial charge in [-0.25, -0.2) is 9.97 Å². The highest BCUT2D eigenvalue weighted by molar-refractivity contribution is 5.94. The standard InChI is InChI=1S/C17H26N4O2/c1-5-20(6-2)17(23)14-11-18-16(19-12(14)3)15-9-7-8-10-21(15)13(4)22/h11,15H,5-10H2,1-4H3. The van der Waals surface area contributed by atoms with Crippen LogP contribution in [0.25, 0.3) is 0 Å². The molecule has 0 bridgehead atoms. The summed E-state index contributed by atoms with van der Waals surface area (Å²) in [6.07, 6.45) is 4.58. The second-order valence-electron chi connectivity index (χ2n) is 5.93. The number of carbonyl (C=O) groups is 2. The van der Waals surface area contributed by atoms with Gasteiger partial charge < -0.3 is 9.80 Å². The minimum Gasteiger partial charge on any atom is -0.339 e. The van der Waals surface area contributed by atoms with Crippen molar-refractivity contribution in [2.45, 2.75) is 53.0 Å². The number of carbonyl (C=O) groups excluding carboxylic acids is 2. The largest absolute Gasteiger partial charge is 0.339 e. The van der Waals surface area contributed by atoms with Crippen molar-refractivity contribution in [1.29, 1.82) is 0 Å². The molecule has 0 radical (unpaired) electrons. The predicted octanol–water partition coefficient (Wildman–Crippen LogP) is 2.34. The van der Waals surface area contributed by atoms with Crippen LogP contribution in [-0.4, -0.2) is 51.2 Å². The minimum atomic E-state index is -0.0717. The molecule has 0 N–H and O–H groups in total. The molecular formula is C17H26N4O2. The molecule has 6 nitrogen and oxygen atoms in total. The summed E-state index contributed by atoms with van der Waals surface area (Å²) in [4.78, 5) is 36.8. The molecule has 1 aromatic heterocycles. The number of hydrogen-bond donors (Lipinski definition) is 0. The van der Waals surface area contributed by atoms with Crippen LogP contribution in [0.15, 0.2) is 6.20 Å². The molecule has 0 saturated carbocycles. The van der Waals surface area contributed by atoms with E-state index in [4.69, 9.17) is 0 Å². The normalized spacial score (nSPS) is 17.9. The minimum absolute atomic E-state index is 0.0360. The van der Waals surface area contributed by atoms with Gasteiger partial charge in [-0.2, -0.15) is 0 Å². The second-order valence-corrected chi connectivity index (χ2v) is 5.93. The fourth-order valence-electron chi connectivity index (χ4n) is 3.11. The highest BCUT2D eigenvalue weighted by atomic mass is 16.2. The Bertz CT molecular complexity index is 584. The Morgan fingerprint density at radius 1 is 1.30 bits per heavy atom. The van der Waals surface area contributed by atoms with Gasteiger partial charge in [-0.05, 0) is 40.0 Å². The van der Waals surface area contributed by atoms with Crippen molar-refractivity contribution < 1.29 is 9.59 Å². The first-order chi connectivity index (χ1) is 11.0. The molecule has 0 spiro atoms. The van der Waals surface area contributed by atoms with Crippen molar-refractivity contribution in [3.05, 3.63) is 23.3 Å². The molecule has 1 fully saturated rings. The van der Waals surface area contributed by atoms with Crippen molar-refractivity contribution in [3.8, 4) is 0 Å². The van der Waals surface area contributed by atoms with E-state index in [1.54, 1.807) is 18.0 Å². The van der Waals surface area contributed by atoms with Crippen LogP contribution in [0.1, 0.15) is 68.0 Å². The summed E-state index contributed by atoms with van der Waals surface area (Å²) in [5.74, 6) is 0.666. The van der Waals surface area contributed by atoms with Gasteiger partial charge in [-0.3, -0.25) is 9.59 Å². The Labute approximate surface area is 137 Å². The van der Waals surface area contributed by atoms with Crippen LogP contribution in [0.3, 0.4) is 0 Å². The van der Waals surface area contributed by atoms with Crippen LogP contribution in [0, 0.1) is 6.92 Å². The van der Waals surface area contributed by atoms with Gasteiger partial charge in [-0.15, -0.1) is 0 Å². The third-order valence-electron chi connectivity index (χ3n) is 4.48. The molecule has 23 heavy (non-hydrogen) atoms. The van der Waals surface area contributed by atoms with Gasteiger partial charge in [0.2, 0.25) is 5.91 Å². The lowest BCUT2D eigenvalue weighted by Crippen LogP contribution is -2.38. The summed E-state index contributed by atoms with van der Waals surface area (Å²) >= 11 is 0. The van der Waals surface area contributed by atoms with E-state index in [9.17, 15) is 9.59 Å². The fourth-order valence-corrected chi connectivity index (χ4v) is 3.11. The number of likely N-dealkylation sites (tertiary alicyclic amines) is 1. The summed E-state index contributed by atoms with van der Waals surface area (Å²) < 4.78 is 0. The lowest BCUT2D eigenvalue weighted by atomic mass is 10.0. The molecule has 1 aliphatic heterocycles. The Kier molecular flexibility index (Phi) is 5.69. The quantitative estimate of drug-likeness (QED) is 0.854. The van der Waals surface area contributed by atoms with Crippen LogP contribution in [0.2, 0.25) is 0 Å². The van der Waals surface area contributed by atoms with Crippen LogP contribution >= 0.6 is 0 Å². The van der Waals surface area contributed by atoms with Gasteiger partial charge in [0.1, 0.15) is 0 Å². The lowest BCUT2D eigenvalue weighted by molar-refractivity contribution is -0.132. The number of aryl methyl sites for hydroxylation is 1. The lowest BCUT2D eigenvalue weighted by Gasteiger charge is -2.34. The smallest absolute Gasteiger partial charge is 0.257 e. The summed E-state index contributed by atoms with van der Waals surface area (Å²) in [7, 11) is 0. The number of nitrogens with zero attached hydrogens (tertiary/aromatic N) is 4. The number of rotatable bonds is 4. The summed E-state index contributed by atoms with van der Waals surface area (Å²) in [6, 6.07) is -0.0717. The molecule has 1 unspecified atom stereocenters. The molecular weight excluding hydrogens is 292 g/mol. The van der Waals surface area contributed by atoms with Crippen molar-refractivity contribution in [1.82, 2.24) is 19.8 Å². The molecule has 0 aromatic carbocycles. The molecule has 2 heterocycles. The Morgan fingerprint density at radius 3 is 2.57 bits per heavy atom. The predicted molar refractivity (Wildman–Crippen MR) is 88.0 cm³/mol. The van der Waals surface area contributed by atoms with E-state index < -0.39 is 0 Å². The zero-order valence-corrected chi connectivity index (χ0v) is 14.5. The maximum atomic E-state index is 12.5. The van der Waals surface area contributed by atoms with E-state index in [1.165, 1.54) is 0 Å². The van der Waals surface area contributed by atoms with Crippen LogP contribution in [0.4, 0.5) is 0 Å². The van der Waals surface area contributed by atoms with Crippen LogP contribution in [0.5, 0.6) is 0 Å². The average Bonchev–Trinajstić information content (AvgIpc) is 2.55. The Balaban J connectivity index is 2.28. The molecule has 1 atom stereocenters. The van der Waals surface area contributed by atoms with E-state index in [0.29, 0.717) is 30.2 Å². The maximum absolute atomic E-state index is 12.5. The fraction of sp³-hybridized carbons (Fsp3) is 0.647. The number of aromatic nitrogens is 2. The maximum Gasteiger partial charge on any atom is 0.257 e. The van der Waals surface area contributed by atoms with Gasteiger partial charge in [0.05, 0.1) is 17.3 Å². The first kappa shape index (κ1) is 17.4. The zero-order chi connectivity index (χ0) is 17.0. The molecule has 1 aliphatic rings. The third-order valence-corrected chi connectivity index (χ3v) is 4.48. The summed E-state index contributed by atoms with van der Waals surface area (Å²) in [5, 5.41) is 0. The van der Waals surface area contributed by atoms with Crippen LogP contribution < -0.4 is 0 Å². The molecule has 1 saturated heterocycles. The summed E-state index contributed by atoms with van der Waals surface area (Å²) in [6.45, 7) is 9.42. The number of piperidine rings is 1. The number of amides is 2. The van der Waals surface area contributed by atoms with Crippen molar-refractivity contribution in [2.24, 2.45) is 0 Å². The zero-order valence-electron chi connectivity index (χ0n) is 14.5. The Morgan fingerprint density at radius 2 is 2.00 bits per heavy atom. The topological polar surface area (TPSA) is 66.4 Å². The van der Waals surface area contributed by atoms with Gasteiger partial charge in [0, 0.05) is 32.8 Å². The SMILES string of the molecule is CCN(CC)C(=O)c1cnc(C2CCCCN2C(C)=O)nc1C. The van der Waals surface area contributed by atoms with E-state index in [0.717, 1.165) is 25.8 Å². The van der Waals surface area contributed by atoms with E-state index in [-0.39, 0.29) is 17.9 Å². The van der Waals surface area contributed by atoms with Gasteiger partial charge in [-0.1, -0.05) is 0 Å². The highest BCUT2D eigenvalue weighted by Gasteiger charge is 2.28. The van der Waals surface area contributed by atoms with Crippen LogP contribution in [-0.2, 0) is 4.79 Å². The molecule has 6 heteroatoms. The van der Waals surface area contributed by atoms with E-state index in [2.05, 4.69) is 9.97 Å². The molecule has 2 rings (SSSR count). The van der Waals surface area contributed by atoms with Gasteiger partial charge in [0.15, 0.2) is 5.82 Å².